The molecule has 0 fully saturated rings. The summed E-state index contributed by atoms with van der Waals surface area (Å²) < 4.78 is 0. The Labute approximate surface area is 65.4 Å². The van der Waals surface area contributed by atoms with Crippen LogP contribution in [0.2, 0.25) is 0 Å². The quantitative estimate of drug-likeness (QED) is 0.440. The minimum atomic E-state index is 0.442. The summed E-state index contributed by atoms with van der Waals surface area (Å²) in [6.07, 6.45) is 0. The lowest BCUT2D eigenvalue weighted by Crippen LogP contribution is -2.03. The van der Waals surface area contributed by atoms with Crippen LogP contribution in [0.4, 0.5) is 22.7 Å². The van der Waals surface area contributed by atoms with Gasteiger partial charge in [-0.15, -0.1) is 0 Å². The van der Waals surface area contributed by atoms with Crippen LogP contribution in [-0.2, 0) is 0 Å². The van der Waals surface area contributed by atoms with Gasteiger partial charge in [-0.3, -0.25) is 0 Å². The first-order chi connectivity index (χ1) is 5.16. The third kappa shape index (κ3) is 1.14. The van der Waals surface area contributed by atoms with Gasteiger partial charge in [0.2, 0.25) is 0 Å². The van der Waals surface area contributed by atoms with E-state index < -0.39 is 0 Å². The van der Waals surface area contributed by atoms with Crippen LogP contribution in [-0.4, -0.2) is 7.05 Å². The van der Waals surface area contributed by atoms with Crippen LogP contribution < -0.4 is 22.5 Å². The van der Waals surface area contributed by atoms with E-state index in [2.05, 4.69) is 5.32 Å². The number of nitrogen functional groups attached to an aromatic ring is 3. The molecule has 1 rings (SSSR count). The molecule has 1 aromatic rings. The van der Waals surface area contributed by atoms with E-state index in [4.69, 9.17) is 17.2 Å². The summed E-state index contributed by atoms with van der Waals surface area (Å²) in [6, 6.07) is 3.51. The highest BCUT2D eigenvalue weighted by Gasteiger charge is 2.02. The molecule has 0 heterocycles. The maximum absolute atomic E-state index is 5.63. The van der Waals surface area contributed by atoms with Crippen molar-refractivity contribution >= 4 is 22.7 Å². The fourth-order valence-corrected chi connectivity index (χ4v) is 0.871. The number of rotatable bonds is 1. The molecule has 4 heteroatoms. The molecule has 11 heavy (non-hydrogen) atoms. The lowest BCUT2D eigenvalue weighted by molar-refractivity contribution is 1.51. The van der Waals surface area contributed by atoms with Gasteiger partial charge in [0, 0.05) is 7.05 Å². The number of benzene rings is 1. The van der Waals surface area contributed by atoms with Gasteiger partial charge in [0.25, 0.3) is 0 Å². The Morgan fingerprint density at radius 3 is 2.27 bits per heavy atom. The summed E-state index contributed by atoms with van der Waals surface area (Å²) in [5, 5.41) is 2.90. The minimum absolute atomic E-state index is 0.442. The molecule has 0 bridgehead atoms. The summed E-state index contributed by atoms with van der Waals surface area (Å²) in [7, 11) is 1.78. The van der Waals surface area contributed by atoms with Crippen molar-refractivity contribution in [2.24, 2.45) is 0 Å². The van der Waals surface area contributed by atoms with Gasteiger partial charge in [-0.05, 0) is 12.1 Å². The Morgan fingerprint density at radius 1 is 1.09 bits per heavy atom. The third-order valence-electron chi connectivity index (χ3n) is 1.59. The van der Waals surface area contributed by atoms with E-state index in [9.17, 15) is 0 Å². The van der Waals surface area contributed by atoms with Crippen LogP contribution in [0.15, 0.2) is 12.1 Å². The molecule has 0 amide bonds. The Kier molecular flexibility index (Phi) is 1.76. The molecule has 0 spiro atoms. The number of anilines is 4. The molecule has 0 aliphatic carbocycles. The summed E-state index contributed by atoms with van der Waals surface area (Å²) in [5.41, 5.74) is 19.0. The van der Waals surface area contributed by atoms with E-state index in [0.29, 0.717) is 17.1 Å². The second kappa shape index (κ2) is 2.57. The lowest BCUT2D eigenvalue weighted by atomic mass is 10.2. The van der Waals surface area contributed by atoms with Gasteiger partial charge in [0.15, 0.2) is 0 Å². The van der Waals surface area contributed by atoms with Gasteiger partial charge >= 0.3 is 0 Å². The predicted octanol–water partition coefficient (Wildman–Crippen LogP) is 0.475. The first-order valence-electron chi connectivity index (χ1n) is 3.28. The molecular weight excluding hydrogens is 140 g/mol. The van der Waals surface area contributed by atoms with E-state index in [-0.39, 0.29) is 0 Å². The fourth-order valence-electron chi connectivity index (χ4n) is 0.871. The molecule has 0 aliphatic heterocycles. The largest absolute Gasteiger partial charge is 0.397 e. The third-order valence-corrected chi connectivity index (χ3v) is 1.59. The molecule has 0 saturated heterocycles. The maximum Gasteiger partial charge on any atom is 0.0804 e. The number of hydrogen-bond donors (Lipinski definition) is 4. The van der Waals surface area contributed by atoms with Crippen molar-refractivity contribution < 1.29 is 0 Å². The average molecular weight is 152 g/mol. The molecule has 0 radical (unpaired) electrons. The van der Waals surface area contributed by atoms with Crippen molar-refractivity contribution in [3.05, 3.63) is 12.1 Å². The number of nitrogens with two attached hydrogens (primary N) is 3. The summed E-state index contributed by atoms with van der Waals surface area (Å²) in [6.45, 7) is 0. The van der Waals surface area contributed by atoms with Crippen LogP contribution in [0.25, 0.3) is 0 Å². The lowest BCUT2D eigenvalue weighted by Gasteiger charge is -2.08. The molecule has 0 saturated carbocycles. The van der Waals surface area contributed by atoms with Gasteiger partial charge in [-0.1, -0.05) is 0 Å². The van der Waals surface area contributed by atoms with Gasteiger partial charge in [-0.2, -0.15) is 0 Å². The first kappa shape index (κ1) is 7.53. The molecule has 60 valence electrons. The summed E-state index contributed by atoms with van der Waals surface area (Å²) in [5.74, 6) is 0. The van der Waals surface area contributed by atoms with E-state index in [1.165, 1.54) is 0 Å². The van der Waals surface area contributed by atoms with Crippen molar-refractivity contribution in [2.45, 2.75) is 0 Å². The van der Waals surface area contributed by atoms with Crippen LogP contribution in [0.5, 0.6) is 0 Å². The number of nitrogens with one attached hydrogen (secondary N) is 1. The molecule has 0 atom stereocenters. The standard InChI is InChI=1S/C7H12N4/c1-11-5-3-2-4(8)6(9)7(5)10/h2-3,11H,8-10H2,1H3. The molecule has 0 aromatic heterocycles. The van der Waals surface area contributed by atoms with E-state index in [1.54, 1.807) is 19.2 Å². The fraction of sp³-hybridized carbons (Fsp3) is 0.143. The maximum atomic E-state index is 5.63. The highest BCUT2D eigenvalue weighted by molar-refractivity contribution is 5.86. The van der Waals surface area contributed by atoms with Crippen molar-refractivity contribution in [3.63, 3.8) is 0 Å². The topological polar surface area (TPSA) is 90.1 Å². The van der Waals surface area contributed by atoms with Crippen LogP contribution in [0.3, 0.4) is 0 Å². The van der Waals surface area contributed by atoms with Crippen molar-refractivity contribution in [1.82, 2.24) is 0 Å². The normalized spacial score (nSPS) is 9.55. The van der Waals surface area contributed by atoms with E-state index in [0.717, 1.165) is 5.69 Å². The van der Waals surface area contributed by atoms with Crippen molar-refractivity contribution in [3.8, 4) is 0 Å². The zero-order valence-electron chi connectivity index (χ0n) is 6.39. The molecule has 0 unspecified atom stereocenters. The Morgan fingerprint density at radius 2 is 1.73 bits per heavy atom. The smallest absolute Gasteiger partial charge is 0.0804 e. The minimum Gasteiger partial charge on any atom is -0.397 e. The van der Waals surface area contributed by atoms with Gasteiger partial charge in [0.05, 0.1) is 22.7 Å². The SMILES string of the molecule is CNc1ccc(N)c(N)c1N. The summed E-state index contributed by atoms with van der Waals surface area (Å²) >= 11 is 0. The zero-order chi connectivity index (χ0) is 8.43. The van der Waals surface area contributed by atoms with Gasteiger partial charge in [-0.25, -0.2) is 0 Å². The Hall–Kier alpha value is -1.58. The molecule has 1 aromatic carbocycles. The monoisotopic (exact) mass is 152 g/mol. The van der Waals surface area contributed by atoms with Crippen LogP contribution in [0, 0.1) is 0 Å². The van der Waals surface area contributed by atoms with E-state index >= 15 is 0 Å². The highest BCUT2D eigenvalue weighted by Crippen LogP contribution is 2.29. The zero-order valence-corrected chi connectivity index (χ0v) is 6.39. The summed E-state index contributed by atoms with van der Waals surface area (Å²) in [4.78, 5) is 0. The molecule has 7 N–H and O–H groups in total. The Bertz CT molecular complexity index is 269. The highest BCUT2D eigenvalue weighted by atomic mass is 14.9. The van der Waals surface area contributed by atoms with E-state index in [1.807, 2.05) is 0 Å². The van der Waals surface area contributed by atoms with Gasteiger partial charge < -0.3 is 22.5 Å². The predicted molar refractivity (Wildman–Crippen MR) is 49.2 cm³/mol. The second-order valence-electron chi connectivity index (χ2n) is 2.28. The van der Waals surface area contributed by atoms with Crippen LogP contribution >= 0.6 is 0 Å². The van der Waals surface area contributed by atoms with Crippen LogP contribution in [0.1, 0.15) is 0 Å². The second-order valence-corrected chi connectivity index (χ2v) is 2.28. The van der Waals surface area contributed by atoms with Crippen molar-refractivity contribution in [2.75, 3.05) is 29.6 Å². The number of hydrogen-bond acceptors (Lipinski definition) is 4. The molecule has 4 nitrogen and oxygen atoms in total. The van der Waals surface area contributed by atoms with Gasteiger partial charge in [0.1, 0.15) is 0 Å². The Balaban J connectivity index is 3.25. The molecular formula is C7H12N4. The molecule has 0 aliphatic rings. The first-order valence-corrected chi connectivity index (χ1v) is 3.28. The van der Waals surface area contributed by atoms with Crippen molar-refractivity contribution in [1.29, 1.82) is 0 Å². The average Bonchev–Trinajstić information content (AvgIpc) is 2.01.